The summed E-state index contributed by atoms with van der Waals surface area (Å²) in [6.45, 7) is 7.18. The molecule has 1 aliphatic heterocycles. The fourth-order valence-electron chi connectivity index (χ4n) is 1.71. The van der Waals surface area contributed by atoms with Crippen molar-refractivity contribution in [3.05, 3.63) is 0 Å². The molecule has 0 spiro atoms. The first-order valence-electron chi connectivity index (χ1n) is 5.61. The van der Waals surface area contributed by atoms with Crippen LogP contribution in [0, 0.1) is 5.92 Å². The first-order valence-corrected chi connectivity index (χ1v) is 5.61. The molecule has 0 aromatic rings. The van der Waals surface area contributed by atoms with Crippen LogP contribution >= 0.6 is 0 Å². The quantitative estimate of drug-likeness (QED) is 0.682. The Kier molecular flexibility index (Phi) is 5.44. The highest BCUT2D eigenvalue weighted by Crippen LogP contribution is 2.27. The topological polar surface area (TPSA) is 86.6 Å². The maximum atomic E-state index is 10.9. The highest BCUT2D eigenvalue weighted by atomic mass is 16.4. The zero-order valence-corrected chi connectivity index (χ0v) is 10.3. The van der Waals surface area contributed by atoms with Gasteiger partial charge in [0.15, 0.2) is 0 Å². The molecule has 5 nitrogen and oxygen atoms in total. The van der Waals surface area contributed by atoms with E-state index >= 15 is 0 Å². The van der Waals surface area contributed by atoms with Crippen molar-refractivity contribution in [2.45, 2.75) is 52.1 Å². The van der Waals surface area contributed by atoms with Crippen LogP contribution in [0.15, 0.2) is 0 Å². The molecule has 0 saturated carbocycles. The van der Waals surface area contributed by atoms with Crippen molar-refractivity contribution >= 4 is 11.9 Å². The Morgan fingerprint density at radius 3 is 2.19 bits per heavy atom. The second kappa shape index (κ2) is 5.84. The molecular formula is C11H21NO4. The van der Waals surface area contributed by atoms with Gasteiger partial charge in [0, 0.05) is 6.04 Å². The number of hydrogen-bond donors (Lipinski definition) is 3. The molecule has 1 aliphatic rings. The van der Waals surface area contributed by atoms with Gasteiger partial charge in [-0.3, -0.25) is 14.9 Å². The van der Waals surface area contributed by atoms with Gasteiger partial charge in [-0.05, 0) is 19.8 Å². The molecule has 0 aromatic heterocycles. The average molecular weight is 231 g/mol. The Bertz CT molecular complexity index is 267. The summed E-state index contributed by atoms with van der Waals surface area (Å²) in [6.07, 6.45) is 1.07. The normalized spacial score (nSPS) is 30.1. The minimum Gasteiger partial charge on any atom is -0.481 e. The van der Waals surface area contributed by atoms with Crippen LogP contribution in [-0.4, -0.2) is 33.7 Å². The van der Waals surface area contributed by atoms with Crippen LogP contribution in [0.1, 0.15) is 40.5 Å². The van der Waals surface area contributed by atoms with Crippen molar-refractivity contribution in [1.82, 2.24) is 5.32 Å². The Hall–Kier alpha value is -1.10. The number of carbonyl (C=O) groups is 2. The van der Waals surface area contributed by atoms with Gasteiger partial charge in [-0.2, -0.15) is 0 Å². The van der Waals surface area contributed by atoms with Crippen molar-refractivity contribution in [3.8, 4) is 0 Å². The van der Waals surface area contributed by atoms with E-state index < -0.39 is 23.4 Å². The van der Waals surface area contributed by atoms with Gasteiger partial charge in [-0.1, -0.05) is 20.8 Å². The first kappa shape index (κ1) is 14.9. The fourth-order valence-corrected chi connectivity index (χ4v) is 1.71. The molecule has 0 amide bonds. The lowest BCUT2D eigenvalue weighted by atomic mass is 9.99. The summed E-state index contributed by atoms with van der Waals surface area (Å²) in [4.78, 5) is 21.5. The van der Waals surface area contributed by atoms with Crippen LogP contribution in [0.3, 0.4) is 0 Å². The van der Waals surface area contributed by atoms with E-state index in [1.807, 2.05) is 13.8 Å². The summed E-state index contributed by atoms with van der Waals surface area (Å²) in [7, 11) is 0. The largest absolute Gasteiger partial charge is 0.481 e. The van der Waals surface area contributed by atoms with Crippen LogP contribution in [0.5, 0.6) is 0 Å². The zero-order chi connectivity index (χ0) is 12.9. The average Bonchev–Trinajstić information content (AvgIpc) is 2.64. The van der Waals surface area contributed by atoms with E-state index in [2.05, 4.69) is 5.32 Å². The summed E-state index contributed by atoms with van der Waals surface area (Å²) in [6, 6.07) is -0.242. The molecular weight excluding hydrogens is 210 g/mol. The summed E-state index contributed by atoms with van der Waals surface area (Å²) in [5.74, 6) is -2.36. The number of hydrogen-bond acceptors (Lipinski definition) is 3. The predicted molar refractivity (Wildman–Crippen MR) is 60.3 cm³/mol. The minimum atomic E-state index is -0.964. The standard InChI is InChI=1S/C9H15NO4.C2H6/c1-5(7(11)12)6-3-4-9(2,10-6)8(13)14;1-2/h5-6,10H,3-4H2,1-2H3,(H,11,12)(H,13,14);1-2H3/t5?,6-,9-;/m0./s1. The molecule has 3 atom stereocenters. The predicted octanol–water partition coefficient (Wildman–Crippen LogP) is 1.33. The smallest absolute Gasteiger partial charge is 0.323 e. The summed E-state index contributed by atoms with van der Waals surface area (Å²) in [5.41, 5.74) is -0.964. The Labute approximate surface area is 95.9 Å². The van der Waals surface area contributed by atoms with Crippen molar-refractivity contribution < 1.29 is 19.8 Å². The molecule has 1 heterocycles. The molecule has 0 aliphatic carbocycles. The molecule has 0 bridgehead atoms. The van der Waals surface area contributed by atoms with Gasteiger partial charge < -0.3 is 10.2 Å². The van der Waals surface area contributed by atoms with E-state index in [-0.39, 0.29) is 6.04 Å². The van der Waals surface area contributed by atoms with Gasteiger partial charge in [0.1, 0.15) is 5.54 Å². The molecule has 0 radical (unpaired) electrons. The maximum Gasteiger partial charge on any atom is 0.323 e. The summed E-state index contributed by atoms with van der Waals surface area (Å²) in [5, 5.41) is 20.5. The third kappa shape index (κ3) is 3.20. The fraction of sp³-hybridized carbons (Fsp3) is 0.818. The Balaban J connectivity index is 0.00000106. The maximum absolute atomic E-state index is 10.9. The number of rotatable bonds is 3. The van der Waals surface area contributed by atoms with E-state index in [0.29, 0.717) is 12.8 Å². The molecule has 1 rings (SSSR count). The van der Waals surface area contributed by atoms with Gasteiger partial charge in [0.05, 0.1) is 5.92 Å². The van der Waals surface area contributed by atoms with Gasteiger partial charge in [0.2, 0.25) is 0 Å². The van der Waals surface area contributed by atoms with Crippen LogP contribution in [0.2, 0.25) is 0 Å². The minimum absolute atomic E-state index is 0.242. The lowest BCUT2D eigenvalue weighted by molar-refractivity contribution is -0.145. The third-order valence-corrected chi connectivity index (χ3v) is 2.92. The first-order chi connectivity index (χ1) is 7.37. The highest BCUT2D eigenvalue weighted by Gasteiger charge is 2.43. The molecule has 3 N–H and O–H groups in total. The number of carboxylic acids is 2. The molecule has 1 fully saturated rings. The van der Waals surface area contributed by atoms with Gasteiger partial charge in [-0.15, -0.1) is 0 Å². The SMILES string of the molecule is CC.CC(C(=O)O)[C@@H]1CC[C@@](C)(C(=O)O)N1. The lowest BCUT2D eigenvalue weighted by Gasteiger charge is -2.22. The molecule has 0 aromatic carbocycles. The van der Waals surface area contributed by atoms with Crippen LogP contribution in [0.25, 0.3) is 0 Å². The van der Waals surface area contributed by atoms with Gasteiger partial charge in [0.25, 0.3) is 0 Å². The Morgan fingerprint density at radius 2 is 1.88 bits per heavy atom. The van der Waals surface area contributed by atoms with E-state index in [0.717, 1.165) is 0 Å². The van der Waals surface area contributed by atoms with Gasteiger partial charge in [-0.25, -0.2) is 0 Å². The summed E-state index contributed by atoms with van der Waals surface area (Å²) >= 11 is 0. The lowest BCUT2D eigenvalue weighted by Crippen LogP contribution is -2.49. The molecule has 16 heavy (non-hydrogen) atoms. The number of carboxylic acid groups (broad SMARTS) is 2. The second-order valence-corrected chi connectivity index (χ2v) is 4.05. The zero-order valence-electron chi connectivity index (χ0n) is 10.3. The monoisotopic (exact) mass is 231 g/mol. The summed E-state index contributed by atoms with van der Waals surface area (Å²) < 4.78 is 0. The van der Waals surface area contributed by atoms with Crippen molar-refractivity contribution in [2.24, 2.45) is 5.92 Å². The number of aliphatic carboxylic acids is 2. The van der Waals surface area contributed by atoms with Crippen molar-refractivity contribution in [1.29, 1.82) is 0 Å². The van der Waals surface area contributed by atoms with E-state index in [9.17, 15) is 9.59 Å². The van der Waals surface area contributed by atoms with Crippen molar-refractivity contribution in [3.63, 3.8) is 0 Å². The number of nitrogens with one attached hydrogen (secondary N) is 1. The second-order valence-electron chi connectivity index (χ2n) is 4.05. The van der Waals surface area contributed by atoms with Crippen LogP contribution < -0.4 is 5.32 Å². The Morgan fingerprint density at radius 1 is 1.38 bits per heavy atom. The van der Waals surface area contributed by atoms with Gasteiger partial charge >= 0.3 is 11.9 Å². The van der Waals surface area contributed by atoms with Crippen LogP contribution in [-0.2, 0) is 9.59 Å². The van der Waals surface area contributed by atoms with E-state index in [1.54, 1.807) is 13.8 Å². The van der Waals surface area contributed by atoms with E-state index in [4.69, 9.17) is 10.2 Å². The van der Waals surface area contributed by atoms with Crippen molar-refractivity contribution in [2.75, 3.05) is 0 Å². The van der Waals surface area contributed by atoms with E-state index in [1.165, 1.54) is 0 Å². The molecule has 5 heteroatoms. The van der Waals surface area contributed by atoms with Crippen LogP contribution in [0.4, 0.5) is 0 Å². The third-order valence-electron chi connectivity index (χ3n) is 2.92. The molecule has 94 valence electrons. The molecule has 1 unspecified atom stereocenters. The highest BCUT2D eigenvalue weighted by molar-refractivity contribution is 5.79. The molecule has 1 saturated heterocycles.